The predicted molar refractivity (Wildman–Crippen MR) is 123 cm³/mol. The molecule has 1 unspecified atom stereocenters. The van der Waals surface area contributed by atoms with Gasteiger partial charge in [-0.15, -0.1) is 6.42 Å². The monoisotopic (exact) mass is 464 g/mol. The lowest BCUT2D eigenvalue weighted by molar-refractivity contribution is 0.0959. The van der Waals surface area contributed by atoms with Gasteiger partial charge in [0.15, 0.2) is 0 Å². The molecule has 4 rings (SSSR count). The van der Waals surface area contributed by atoms with Crippen molar-refractivity contribution in [3.63, 3.8) is 0 Å². The molecule has 3 aromatic rings. The first-order chi connectivity index (χ1) is 15.9. The summed E-state index contributed by atoms with van der Waals surface area (Å²) < 4.78 is 41.4. The van der Waals surface area contributed by atoms with Crippen LogP contribution in [-0.4, -0.2) is 25.9 Å². The lowest BCUT2D eigenvalue weighted by atomic mass is 10.1. The van der Waals surface area contributed by atoms with E-state index in [0.717, 1.165) is 29.7 Å². The van der Waals surface area contributed by atoms with E-state index in [-0.39, 0.29) is 17.3 Å². The van der Waals surface area contributed by atoms with Crippen LogP contribution in [-0.2, 0) is 16.4 Å². The number of benzene rings is 2. The molecule has 0 aliphatic heterocycles. The van der Waals surface area contributed by atoms with Crippen LogP contribution in [0.15, 0.2) is 65.7 Å². The molecule has 0 saturated heterocycles. The molecule has 1 aliphatic rings. The van der Waals surface area contributed by atoms with Crippen LogP contribution in [0.3, 0.4) is 0 Å². The summed E-state index contributed by atoms with van der Waals surface area (Å²) in [6, 6.07) is 13.2. The van der Waals surface area contributed by atoms with E-state index in [4.69, 9.17) is 6.42 Å². The van der Waals surface area contributed by atoms with Gasteiger partial charge in [-0.25, -0.2) is 22.5 Å². The zero-order chi connectivity index (χ0) is 23.4. The number of hydrogen-bond donors (Lipinski definition) is 3. The van der Waals surface area contributed by atoms with Crippen molar-refractivity contribution in [2.45, 2.75) is 23.8 Å². The Kier molecular flexibility index (Phi) is 6.40. The van der Waals surface area contributed by atoms with Gasteiger partial charge in [-0.3, -0.25) is 4.79 Å². The third kappa shape index (κ3) is 5.03. The van der Waals surface area contributed by atoms with Crippen molar-refractivity contribution in [1.82, 2.24) is 15.0 Å². The molecule has 0 radical (unpaired) electrons. The van der Waals surface area contributed by atoms with Crippen molar-refractivity contribution in [3.05, 3.63) is 83.3 Å². The van der Waals surface area contributed by atoms with Gasteiger partial charge in [0, 0.05) is 17.9 Å². The van der Waals surface area contributed by atoms with Crippen LogP contribution in [0.1, 0.15) is 33.9 Å². The van der Waals surface area contributed by atoms with Crippen molar-refractivity contribution in [2.24, 2.45) is 0 Å². The average Bonchev–Trinajstić information content (AvgIpc) is 3.19. The summed E-state index contributed by atoms with van der Waals surface area (Å²) in [6.07, 6.45) is 8.09. The Hall–Kier alpha value is -3.74. The van der Waals surface area contributed by atoms with Gasteiger partial charge in [-0.05, 0) is 72.5 Å². The normalized spacial score (nSPS) is 14.8. The largest absolute Gasteiger partial charge is 0.341 e. The molecule has 7 nitrogen and oxygen atoms in total. The number of rotatable bonds is 7. The van der Waals surface area contributed by atoms with E-state index in [9.17, 15) is 17.6 Å². The predicted octanol–water partition coefficient (Wildman–Crippen LogP) is 3.29. The van der Waals surface area contributed by atoms with Crippen molar-refractivity contribution >= 4 is 27.4 Å². The zero-order valence-corrected chi connectivity index (χ0v) is 18.3. The van der Waals surface area contributed by atoms with Crippen molar-refractivity contribution in [1.29, 1.82) is 0 Å². The summed E-state index contributed by atoms with van der Waals surface area (Å²) in [7, 11) is -3.82. The molecule has 0 bridgehead atoms. The van der Waals surface area contributed by atoms with Gasteiger partial charge in [0.05, 0.1) is 17.0 Å². The Morgan fingerprint density at radius 2 is 1.97 bits per heavy atom. The van der Waals surface area contributed by atoms with Gasteiger partial charge < -0.3 is 10.6 Å². The van der Waals surface area contributed by atoms with Crippen molar-refractivity contribution in [2.75, 3.05) is 11.9 Å². The molecule has 1 aliphatic carbocycles. The molecule has 1 heterocycles. The fraction of sp³-hybridized carbons (Fsp3) is 0.167. The van der Waals surface area contributed by atoms with E-state index in [1.807, 2.05) is 18.2 Å². The van der Waals surface area contributed by atoms with Gasteiger partial charge in [-0.2, -0.15) is 0 Å². The number of terminal acetylenes is 1. The minimum absolute atomic E-state index is 0.00254. The number of amides is 1. The number of aryl methyl sites for hydroxylation is 1. The molecule has 0 fully saturated rings. The fourth-order valence-corrected chi connectivity index (χ4v) is 4.97. The summed E-state index contributed by atoms with van der Waals surface area (Å²) in [5, 5.41) is 5.75. The van der Waals surface area contributed by atoms with E-state index in [0.29, 0.717) is 23.5 Å². The number of nitrogens with one attached hydrogen (secondary N) is 3. The van der Waals surface area contributed by atoms with Crippen LogP contribution in [0.4, 0.5) is 15.9 Å². The van der Waals surface area contributed by atoms with Crippen molar-refractivity contribution in [3.8, 4) is 12.3 Å². The van der Waals surface area contributed by atoms with Crippen LogP contribution in [0.5, 0.6) is 0 Å². The standard InChI is InChI=1S/C24H21FN4O3S/c1-2-13-27-24(30)20-4-3-14-26-23(20)28-18-9-5-16-6-12-22(21(16)15-18)29-33(31,32)19-10-7-17(25)8-11-19/h1,3-5,7-11,14-15,22,29H,6,12-13H2,(H,26,28)(H,27,30). The second-order valence-corrected chi connectivity index (χ2v) is 9.21. The number of fused-ring (bicyclic) bond motifs is 1. The average molecular weight is 465 g/mol. The van der Waals surface area contributed by atoms with Gasteiger partial charge in [0.25, 0.3) is 5.91 Å². The topological polar surface area (TPSA) is 100 Å². The van der Waals surface area contributed by atoms with Crippen LogP contribution < -0.4 is 15.4 Å². The number of halogens is 1. The van der Waals surface area contributed by atoms with E-state index in [2.05, 4.69) is 26.3 Å². The number of carbonyl (C=O) groups is 1. The zero-order valence-electron chi connectivity index (χ0n) is 17.5. The molecule has 1 aromatic heterocycles. The first-order valence-electron chi connectivity index (χ1n) is 10.2. The van der Waals surface area contributed by atoms with Crippen LogP contribution in [0, 0.1) is 18.2 Å². The van der Waals surface area contributed by atoms with Crippen LogP contribution in [0.2, 0.25) is 0 Å². The number of carbonyl (C=O) groups excluding carboxylic acids is 1. The Morgan fingerprint density at radius 3 is 2.73 bits per heavy atom. The number of hydrogen-bond acceptors (Lipinski definition) is 5. The Bertz CT molecular complexity index is 1330. The second kappa shape index (κ2) is 9.40. The second-order valence-electron chi connectivity index (χ2n) is 7.49. The SMILES string of the molecule is C#CCNC(=O)c1cccnc1Nc1ccc2c(c1)C(NS(=O)(=O)c1ccc(F)cc1)CC2. The summed E-state index contributed by atoms with van der Waals surface area (Å²) >= 11 is 0. The van der Waals surface area contributed by atoms with Gasteiger partial charge in [0.2, 0.25) is 10.0 Å². The third-order valence-corrected chi connectivity index (χ3v) is 6.80. The number of sulfonamides is 1. The molecule has 0 spiro atoms. The summed E-state index contributed by atoms with van der Waals surface area (Å²) in [5.74, 6) is 1.86. The molecule has 168 valence electrons. The lowest BCUT2D eigenvalue weighted by Gasteiger charge is -2.16. The molecule has 9 heteroatoms. The summed E-state index contributed by atoms with van der Waals surface area (Å²) in [6.45, 7) is 0.0991. The minimum atomic E-state index is -3.82. The van der Waals surface area contributed by atoms with Gasteiger partial charge in [0.1, 0.15) is 11.6 Å². The smallest absolute Gasteiger partial charge is 0.255 e. The molecule has 2 aromatic carbocycles. The molecule has 33 heavy (non-hydrogen) atoms. The van der Waals surface area contributed by atoms with Gasteiger partial charge in [-0.1, -0.05) is 12.0 Å². The van der Waals surface area contributed by atoms with E-state index >= 15 is 0 Å². The Labute approximate surface area is 191 Å². The third-order valence-electron chi connectivity index (χ3n) is 5.31. The van der Waals surface area contributed by atoms with Crippen molar-refractivity contribution < 1.29 is 17.6 Å². The maximum absolute atomic E-state index is 13.2. The summed E-state index contributed by atoms with van der Waals surface area (Å²) in [5.41, 5.74) is 2.86. The Balaban J connectivity index is 1.56. The molecule has 1 amide bonds. The Morgan fingerprint density at radius 1 is 1.18 bits per heavy atom. The molecule has 1 atom stereocenters. The van der Waals surface area contributed by atoms with Crippen LogP contribution in [0.25, 0.3) is 0 Å². The number of pyridine rings is 1. The highest BCUT2D eigenvalue weighted by Crippen LogP contribution is 2.35. The van der Waals surface area contributed by atoms with Gasteiger partial charge >= 0.3 is 0 Å². The number of aromatic nitrogens is 1. The summed E-state index contributed by atoms with van der Waals surface area (Å²) in [4.78, 5) is 16.6. The molecule has 3 N–H and O–H groups in total. The van der Waals surface area contributed by atoms with Crippen LogP contribution >= 0.6 is 0 Å². The number of anilines is 2. The quantitative estimate of drug-likeness (QED) is 0.466. The fourth-order valence-electron chi connectivity index (χ4n) is 3.72. The molecular formula is C24H21FN4O3S. The molecule has 0 saturated carbocycles. The first kappa shape index (κ1) is 22.5. The highest BCUT2D eigenvalue weighted by Gasteiger charge is 2.28. The maximum atomic E-state index is 13.2. The van der Waals surface area contributed by atoms with E-state index in [1.165, 1.54) is 12.1 Å². The first-order valence-corrected chi connectivity index (χ1v) is 11.7. The molecular weight excluding hydrogens is 443 g/mol. The minimum Gasteiger partial charge on any atom is -0.341 e. The number of nitrogens with zero attached hydrogens (tertiary/aromatic N) is 1. The van der Waals surface area contributed by atoms with E-state index < -0.39 is 21.9 Å². The highest BCUT2D eigenvalue weighted by molar-refractivity contribution is 7.89. The van der Waals surface area contributed by atoms with E-state index in [1.54, 1.807) is 18.3 Å². The maximum Gasteiger partial charge on any atom is 0.255 e. The highest BCUT2D eigenvalue weighted by atomic mass is 32.2. The lowest BCUT2D eigenvalue weighted by Crippen LogP contribution is -2.27.